The predicted molar refractivity (Wildman–Crippen MR) is 100 cm³/mol. The maximum Gasteiger partial charge on any atom is 0.334 e. The Kier molecular flexibility index (Phi) is 9.84. The van der Waals surface area contributed by atoms with E-state index in [-0.39, 0.29) is 29.7 Å². The molecule has 0 aliphatic heterocycles. The summed E-state index contributed by atoms with van der Waals surface area (Å²) in [6.07, 6.45) is 6.57. The van der Waals surface area contributed by atoms with E-state index in [1.165, 1.54) is 0 Å². The van der Waals surface area contributed by atoms with Gasteiger partial charge in [-0.2, -0.15) is 0 Å². The van der Waals surface area contributed by atoms with Crippen molar-refractivity contribution in [2.75, 3.05) is 13.2 Å². The topological polar surface area (TPSA) is 52.6 Å². The molecule has 0 N–H and O–H groups in total. The zero-order valence-corrected chi connectivity index (χ0v) is 16.7. The molecule has 0 heterocycles. The average molecular weight is 353 g/mol. The quantitative estimate of drug-likeness (QED) is 0.407. The molecule has 0 aromatic rings. The van der Waals surface area contributed by atoms with Gasteiger partial charge in [0.05, 0.1) is 18.8 Å². The predicted octanol–water partition coefficient (Wildman–Crippen LogP) is 5.06. The summed E-state index contributed by atoms with van der Waals surface area (Å²) < 4.78 is 11.0. The molecule has 1 fully saturated rings. The molecule has 1 rings (SSSR count). The third kappa shape index (κ3) is 7.62. The molecule has 4 heteroatoms. The van der Waals surface area contributed by atoms with Crippen LogP contribution in [0.15, 0.2) is 11.1 Å². The molecule has 0 spiro atoms. The van der Waals surface area contributed by atoms with Crippen LogP contribution in [0.25, 0.3) is 0 Å². The summed E-state index contributed by atoms with van der Waals surface area (Å²) in [5, 5.41) is 0. The Morgan fingerprint density at radius 2 is 1.44 bits per heavy atom. The molecule has 0 aromatic carbocycles. The number of rotatable bonds is 10. The SMILES string of the molecule is CCCC/C(C(=O)OCC(C)C)=C(/C(=O)OCC(C)C)C1CCCC1. The summed E-state index contributed by atoms with van der Waals surface area (Å²) in [7, 11) is 0. The molecular formula is C21H36O4. The van der Waals surface area contributed by atoms with Gasteiger partial charge >= 0.3 is 11.9 Å². The van der Waals surface area contributed by atoms with Gasteiger partial charge in [-0.1, -0.05) is 53.9 Å². The van der Waals surface area contributed by atoms with Crippen molar-refractivity contribution < 1.29 is 19.1 Å². The Morgan fingerprint density at radius 3 is 1.92 bits per heavy atom. The maximum atomic E-state index is 12.8. The summed E-state index contributed by atoms with van der Waals surface area (Å²) in [6.45, 7) is 10.9. The zero-order chi connectivity index (χ0) is 18.8. The Labute approximate surface area is 153 Å². The van der Waals surface area contributed by atoms with Crippen molar-refractivity contribution in [1.29, 1.82) is 0 Å². The molecule has 0 saturated heterocycles. The Balaban J connectivity index is 3.10. The third-order valence-corrected chi connectivity index (χ3v) is 4.43. The van der Waals surface area contributed by atoms with E-state index in [4.69, 9.17) is 9.47 Å². The second kappa shape index (κ2) is 11.3. The minimum Gasteiger partial charge on any atom is -0.462 e. The number of unbranched alkanes of at least 4 members (excludes halogenated alkanes) is 1. The van der Waals surface area contributed by atoms with Crippen molar-refractivity contribution in [1.82, 2.24) is 0 Å². The lowest BCUT2D eigenvalue weighted by Crippen LogP contribution is -2.23. The zero-order valence-electron chi connectivity index (χ0n) is 16.7. The van der Waals surface area contributed by atoms with Crippen molar-refractivity contribution in [3.63, 3.8) is 0 Å². The minimum absolute atomic E-state index is 0.137. The number of hydrogen-bond acceptors (Lipinski definition) is 4. The van der Waals surface area contributed by atoms with E-state index in [1.54, 1.807) is 0 Å². The van der Waals surface area contributed by atoms with E-state index in [0.29, 0.717) is 30.8 Å². The first-order valence-electron chi connectivity index (χ1n) is 9.94. The van der Waals surface area contributed by atoms with Crippen LogP contribution in [0.2, 0.25) is 0 Å². The van der Waals surface area contributed by atoms with Crippen LogP contribution in [-0.4, -0.2) is 25.2 Å². The smallest absolute Gasteiger partial charge is 0.334 e. The van der Waals surface area contributed by atoms with E-state index < -0.39 is 0 Å². The van der Waals surface area contributed by atoms with Gasteiger partial charge < -0.3 is 9.47 Å². The van der Waals surface area contributed by atoms with Gasteiger partial charge in [0.25, 0.3) is 0 Å². The highest BCUT2D eigenvalue weighted by Crippen LogP contribution is 2.35. The third-order valence-electron chi connectivity index (χ3n) is 4.43. The molecule has 25 heavy (non-hydrogen) atoms. The van der Waals surface area contributed by atoms with Crippen LogP contribution >= 0.6 is 0 Å². The fraction of sp³-hybridized carbons (Fsp3) is 0.810. The molecule has 0 bridgehead atoms. The van der Waals surface area contributed by atoms with Crippen molar-refractivity contribution in [2.24, 2.45) is 17.8 Å². The second-order valence-corrected chi connectivity index (χ2v) is 7.96. The molecule has 4 nitrogen and oxygen atoms in total. The van der Waals surface area contributed by atoms with Crippen LogP contribution in [0.4, 0.5) is 0 Å². The number of hydrogen-bond donors (Lipinski definition) is 0. The fourth-order valence-corrected chi connectivity index (χ4v) is 3.10. The van der Waals surface area contributed by atoms with Crippen LogP contribution in [0.3, 0.4) is 0 Å². The van der Waals surface area contributed by atoms with Gasteiger partial charge in [0.15, 0.2) is 0 Å². The van der Waals surface area contributed by atoms with Gasteiger partial charge in [0.1, 0.15) is 0 Å². The van der Waals surface area contributed by atoms with Crippen LogP contribution in [0.1, 0.15) is 79.6 Å². The first-order chi connectivity index (χ1) is 11.9. The first-order valence-corrected chi connectivity index (χ1v) is 9.94. The number of ether oxygens (including phenoxy) is 2. The van der Waals surface area contributed by atoms with Crippen molar-refractivity contribution in [2.45, 2.75) is 79.6 Å². The van der Waals surface area contributed by atoms with Crippen LogP contribution < -0.4 is 0 Å². The van der Waals surface area contributed by atoms with Gasteiger partial charge in [0, 0.05) is 5.57 Å². The lowest BCUT2D eigenvalue weighted by molar-refractivity contribution is -0.144. The molecule has 1 aliphatic carbocycles. The summed E-state index contributed by atoms with van der Waals surface area (Å²) >= 11 is 0. The molecule has 1 aliphatic rings. The van der Waals surface area contributed by atoms with Gasteiger partial charge in [-0.05, 0) is 43.4 Å². The van der Waals surface area contributed by atoms with E-state index in [9.17, 15) is 9.59 Å². The molecule has 0 atom stereocenters. The van der Waals surface area contributed by atoms with Crippen molar-refractivity contribution in [3.05, 3.63) is 11.1 Å². The fourth-order valence-electron chi connectivity index (χ4n) is 3.10. The van der Waals surface area contributed by atoms with Crippen LogP contribution in [0.5, 0.6) is 0 Å². The van der Waals surface area contributed by atoms with E-state index in [1.807, 2.05) is 27.7 Å². The molecule has 0 radical (unpaired) electrons. The number of esters is 2. The highest BCUT2D eigenvalue weighted by atomic mass is 16.5. The molecule has 0 amide bonds. The molecule has 144 valence electrons. The Morgan fingerprint density at radius 1 is 0.920 bits per heavy atom. The minimum atomic E-state index is -0.328. The lowest BCUT2D eigenvalue weighted by atomic mass is 9.90. The van der Waals surface area contributed by atoms with Crippen molar-refractivity contribution >= 4 is 11.9 Å². The molecular weight excluding hydrogens is 316 g/mol. The standard InChI is InChI=1S/C21H36O4/c1-6-7-12-18(20(22)24-13-15(2)3)19(17-10-8-9-11-17)21(23)25-14-16(4)5/h15-17H,6-14H2,1-5H3/b19-18-. The lowest BCUT2D eigenvalue weighted by Gasteiger charge is -2.20. The second-order valence-electron chi connectivity index (χ2n) is 7.96. The normalized spacial score (nSPS) is 16.3. The largest absolute Gasteiger partial charge is 0.462 e. The Bertz CT molecular complexity index is 457. The average Bonchev–Trinajstić information content (AvgIpc) is 3.08. The number of carbonyl (C=O) groups excluding carboxylic acids is 2. The summed E-state index contributed by atoms with van der Waals surface area (Å²) in [4.78, 5) is 25.5. The number of carbonyl (C=O) groups is 2. The van der Waals surface area contributed by atoms with Crippen LogP contribution in [0, 0.1) is 17.8 Å². The maximum absolute atomic E-state index is 12.8. The monoisotopic (exact) mass is 352 g/mol. The van der Waals surface area contributed by atoms with Gasteiger partial charge in [-0.15, -0.1) is 0 Å². The summed E-state index contributed by atoms with van der Waals surface area (Å²) in [5.74, 6) is 0.0526. The highest BCUT2D eigenvalue weighted by molar-refractivity contribution is 6.00. The van der Waals surface area contributed by atoms with E-state index in [2.05, 4.69) is 6.92 Å². The molecule has 0 aromatic heterocycles. The molecule has 0 unspecified atom stereocenters. The van der Waals surface area contributed by atoms with Gasteiger partial charge in [-0.3, -0.25) is 0 Å². The summed E-state index contributed by atoms with van der Waals surface area (Å²) in [5.41, 5.74) is 1.16. The van der Waals surface area contributed by atoms with E-state index >= 15 is 0 Å². The molecule has 1 saturated carbocycles. The van der Waals surface area contributed by atoms with Gasteiger partial charge in [-0.25, -0.2) is 9.59 Å². The van der Waals surface area contributed by atoms with Crippen molar-refractivity contribution in [3.8, 4) is 0 Å². The Hall–Kier alpha value is -1.32. The summed E-state index contributed by atoms with van der Waals surface area (Å²) in [6, 6.07) is 0. The first kappa shape index (κ1) is 21.7. The van der Waals surface area contributed by atoms with Gasteiger partial charge in [0.2, 0.25) is 0 Å². The highest BCUT2D eigenvalue weighted by Gasteiger charge is 2.31. The van der Waals surface area contributed by atoms with E-state index in [0.717, 1.165) is 38.5 Å². The van der Waals surface area contributed by atoms with Crippen LogP contribution in [-0.2, 0) is 19.1 Å².